The summed E-state index contributed by atoms with van der Waals surface area (Å²) in [7, 11) is 0. The number of nitrogens with zero attached hydrogens (tertiary/aromatic N) is 3. The number of aliphatic hydroxyl groups excluding tert-OH is 1. The Bertz CT molecular complexity index is 531. The summed E-state index contributed by atoms with van der Waals surface area (Å²) < 4.78 is 1.88. The lowest BCUT2D eigenvalue weighted by atomic mass is 10.0. The molecule has 0 fully saturated rings. The average Bonchev–Trinajstić information content (AvgIpc) is 2.85. The molecule has 0 spiro atoms. The van der Waals surface area contributed by atoms with Crippen molar-refractivity contribution in [3.05, 3.63) is 47.5 Å². The molecule has 1 atom stereocenters. The Morgan fingerprint density at radius 3 is 2.50 bits per heavy atom. The average molecular weight is 273 g/mol. The van der Waals surface area contributed by atoms with Crippen molar-refractivity contribution in [3.63, 3.8) is 0 Å². The van der Waals surface area contributed by atoms with Crippen LogP contribution in [0.4, 0.5) is 0 Å². The van der Waals surface area contributed by atoms with Crippen LogP contribution in [0, 0.1) is 5.92 Å². The quantitative estimate of drug-likeness (QED) is 0.880. The molecule has 0 aliphatic rings. The summed E-state index contributed by atoms with van der Waals surface area (Å²) >= 11 is 0. The third-order valence-corrected chi connectivity index (χ3v) is 3.38. The number of hydrogen-bond donors (Lipinski definition) is 1. The van der Waals surface area contributed by atoms with Gasteiger partial charge in [-0.3, -0.25) is 0 Å². The largest absolute Gasteiger partial charge is 0.388 e. The standard InChI is InChI=1S/C16H23N3O/c1-4-13-5-7-14(8-6-13)15(20)9-16-17-11-18-19(16)10-12(2)3/h5-8,11-12,15,20H,4,9-10H2,1-3H3. The summed E-state index contributed by atoms with van der Waals surface area (Å²) in [6, 6.07) is 8.12. The van der Waals surface area contributed by atoms with Crippen molar-refractivity contribution in [1.82, 2.24) is 14.8 Å². The van der Waals surface area contributed by atoms with Crippen molar-refractivity contribution in [2.45, 2.75) is 46.3 Å². The molecule has 2 rings (SSSR count). The Kier molecular flexibility index (Phi) is 4.90. The molecule has 4 heteroatoms. The van der Waals surface area contributed by atoms with Gasteiger partial charge in [0.05, 0.1) is 6.10 Å². The second-order valence-corrected chi connectivity index (χ2v) is 5.57. The van der Waals surface area contributed by atoms with Gasteiger partial charge in [-0.15, -0.1) is 0 Å². The van der Waals surface area contributed by atoms with E-state index in [1.807, 2.05) is 16.8 Å². The molecular weight excluding hydrogens is 250 g/mol. The van der Waals surface area contributed by atoms with Crippen molar-refractivity contribution in [2.75, 3.05) is 0 Å². The van der Waals surface area contributed by atoms with Gasteiger partial charge in [0.15, 0.2) is 0 Å². The van der Waals surface area contributed by atoms with E-state index in [1.165, 1.54) is 5.56 Å². The lowest BCUT2D eigenvalue weighted by molar-refractivity contribution is 0.173. The molecule has 4 nitrogen and oxygen atoms in total. The topological polar surface area (TPSA) is 50.9 Å². The molecule has 1 aromatic heterocycles. The first kappa shape index (κ1) is 14.7. The number of aromatic nitrogens is 3. The Hall–Kier alpha value is -1.68. The molecule has 0 amide bonds. The molecule has 0 bridgehead atoms. The van der Waals surface area contributed by atoms with Gasteiger partial charge in [-0.05, 0) is 23.5 Å². The molecule has 0 saturated heterocycles. The zero-order valence-corrected chi connectivity index (χ0v) is 12.5. The van der Waals surface area contributed by atoms with Crippen LogP contribution in [0.2, 0.25) is 0 Å². The Labute approximate surface area is 120 Å². The SMILES string of the molecule is CCc1ccc(C(O)Cc2ncnn2CC(C)C)cc1. The lowest BCUT2D eigenvalue weighted by Gasteiger charge is -2.13. The van der Waals surface area contributed by atoms with Crippen LogP contribution < -0.4 is 0 Å². The number of rotatable bonds is 6. The highest BCUT2D eigenvalue weighted by molar-refractivity contribution is 5.24. The van der Waals surface area contributed by atoms with Crippen LogP contribution in [-0.2, 0) is 19.4 Å². The van der Waals surface area contributed by atoms with E-state index in [0.29, 0.717) is 12.3 Å². The fourth-order valence-electron chi connectivity index (χ4n) is 2.21. The maximum absolute atomic E-state index is 10.3. The van der Waals surface area contributed by atoms with Gasteiger partial charge in [0.2, 0.25) is 0 Å². The summed E-state index contributed by atoms with van der Waals surface area (Å²) in [5.41, 5.74) is 2.21. The smallest absolute Gasteiger partial charge is 0.138 e. The summed E-state index contributed by atoms with van der Waals surface area (Å²) in [4.78, 5) is 4.26. The van der Waals surface area contributed by atoms with Crippen LogP contribution in [0.5, 0.6) is 0 Å². The summed E-state index contributed by atoms with van der Waals surface area (Å²) in [6.45, 7) is 7.24. The molecule has 1 heterocycles. The molecule has 0 aliphatic carbocycles. The minimum absolute atomic E-state index is 0.498. The number of benzene rings is 1. The van der Waals surface area contributed by atoms with E-state index in [-0.39, 0.29) is 0 Å². The van der Waals surface area contributed by atoms with Gasteiger partial charge >= 0.3 is 0 Å². The molecular formula is C16H23N3O. The van der Waals surface area contributed by atoms with E-state index < -0.39 is 6.10 Å². The van der Waals surface area contributed by atoms with E-state index in [0.717, 1.165) is 24.4 Å². The van der Waals surface area contributed by atoms with E-state index >= 15 is 0 Å². The molecule has 108 valence electrons. The van der Waals surface area contributed by atoms with Crippen LogP contribution in [0.1, 0.15) is 43.8 Å². The van der Waals surface area contributed by atoms with Gasteiger partial charge in [-0.25, -0.2) is 9.67 Å². The van der Waals surface area contributed by atoms with E-state index in [1.54, 1.807) is 6.33 Å². The van der Waals surface area contributed by atoms with Crippen molar-refractivity contribution in [1.29, 1.82) is 0 Å². The normalized spacial score (nSPS) is 12.8. The third-order valence-electron chi connectivity index (χ3n) is 3.38. The van der Waals surface area contributed by atoms with Crippen molar-refractivity contribution < 1.29 is 5.11 Å². The van der Waals surface area contributed by atoms with Crippen molar-refractivity contribution in [2.24, 2.45) is 5.92 Å². The first-order chi connectivity index (χ1) is 9.60. The molecule has 0 aliphatic heterocycles. The van der Waals surface area contributed by atoms with Gasteiger partial charge in [0.25, 0.3) is 0 Å². The zero-order chi connectivity index (χ0) is 14.5. The fourth-order valence-corrected chi connectivity index (χ4v) is 2.21. The molecule has 0 saturated carbocycles. The van der Waals surface area contributed by atoms with Crippen LogP contribution in [0.15, 0.2) is 30.6 Å². The molecule has 1 unspecified atom stereocenters. The van der Waals surface area contributed by atoms with E-state index in [9.17, 15) is 5.11 Å². The van der Waals surface area contributed by atoms with Crippen molar-refractivity contribution in [3.8, 4) is 0 Å². The van der Waals surface area contributed by atoms with Crippen LogP contribution in [0.25, 0.3) is 0 Å². The predicted molar refractivity (Wildman–Crippen MR) is 79.3 cm³/mol. The molecule has 1 N–H and O–H groups in total. The van der Waals surface area contributed by atoms with E-state index in [2.05, 4.69) is 43.0 Å². The maximum atomic E-state index is 10.3. The highest BCUT2D eigenvalue weighted by Crippen LogP contribution is 2.18. The van der Waals surface area contributed by atoms with Gasteiger partial charge in [-0.2, -0.15) is 5.10 Å². The first-order valence-electron chi connectivity index (χ1n) is 7.23. The van der Waals surface area contributed by atoms with Gasteiger partial charge in [0, 0.05) is 13.0 Å². The minimum Gasteiger partial charge on any atom is -0.388 e. The number of hydrogen-bond acceptors (Lipinski definition) is 3. The van der Waals surface area contributed by atoms with Crippen LogP contribution in [0.3, 0.4) is 0 Å². The summed E-state index contributed by atoms with van der Waals surface area (Å²) in [5.74, 6) is 1.35. The van der Waals surface area contributed by atoms with Gasteiger partial charge < -0.3 is 5.11 Å². The highest BCUT2D eigenvalue weighted by Gasteiger charge is 2.13. The van der Waals surface area contributed by atoms with Crippen molar-refractivity contribution >= 4 is 0 Å². The predicted octanol–water partition coefficient (Wildman–Crippen LogP) is 2.77. The zero-order valence-electron chi connectivity index (χ0n) is 12.5. The molecule has 0 radical (unpaired) electrons. The van der Waals surface area contributed by atoms with Crippen LogP contribution >= 0.6 is 0 Å². The highest BCUT2D eigenvalue weighted by atomic mass is 16.3. The summed E-state index contributed by atoms with van der Waals surface area (Å²) in [6.07, 6.45) is 2.54. The van der Waals surface area contributed by atoms with E-state index in [4.69, 9.17) is 0 Å². The summed E-state index contributed by atoms with van der Waals surface area (Å²) in [5, 5.41) is 14.6. The Morgan fingerprint density at radius 1 is 1.20 bits per heavy atom. The first-order valence-corrected chi connectivity index (χ1v) is 7.23. The molecule has 20 heavy (non-hydrogen) atoms. The van der Waals surface area contributed by atoms with Crippen LogP contribution in [-0.4, -0.2) is 19.9 Å². The number of aliphatic hydroxyl groups is 1. The van der Waals surface area contributed by atoms with Gasteiger partial charge in [0.1, 0.15) is 12.2 Å². The minimum atomic E-state index is -0.531. The monoisotopic (exact) mass is 273 g/mol. The fraction of sp³-hybridized carbons (Fsp3) is 0.500. The second kappa shape index (κ2) is 6.66. The number of aryl methyl sites for hydroxylation is 1. The Balaban J connectivity index is 2.06. The lowest BCUT2D eigenvalue weighted by Crippen LogP contribution is -2.13. The van der Waals surface area contributed by atoms with Gasteiger partial charge in [-0.1, -0.05) is 45.0 Å². The molecule has 1 aromatic carbocycles. The second-order valence-electron chi connectivity index (χ2n) is 5.57. The third kappa shape index (κ3) is 3.67. The maximum Gasteiger partial charge on any atom is 0.138 e. The molecule has 2 aromatic rings. The Morgan fingerprint density at radius 2 is 1.90 bits per heavy atom.